The van der Waals surface area contributed by atoms with Crippen molar-refractivity contribution in [2.75, 3.05) is 19.8 Å². The first-order valence-corrected chi connectivity index (χ1v) is 21.6. The van der Waals surface area contributed by atoms with E-state index >= 15 is 8.78 Å². The topological polar surface area (TPSA) is 37.7 Å². The molecule has 0 saturated heterocycles. The van der Waals surface area contributed by atoms with Gasteiger partial charge in [0.1, 0.15) is 0 Å². The van der Waals surface area contributed by atoms with Crippen LogP contribution in [-0.4, -0.2) is 12.7 Å². The Hall–Kier alpha value is -7.98. The first-order chi connectivity index (χ1) is 32.6. The van der Waals surface area contributed by atoms with Gasteiger partial charge < -0.3 is 19.8 Å². The standard InChI is InChI=1S/C58H39F2N6.Os/c59-57-53(63-37-61-65(39-63)49-30-26-44(27-31-49)41-16-6-1-7-17-41)36-54(64-38-62-66(40-64)50-32-28-45(29-33-50)42-18-8-2-9-19-42)58(60)56(57)55-51(46-22-12-4-13-23-46)34-48(43-20-10-3-11-21-43)35-52(55)47-24-14-5-15-25-47;/h1-35,37-40H;/q-3;. The molecule has 326 valence electrons. The maximum atomic E-state index is 18.2. The van der Waals surface area contributed by atoms with E-state index in [2.05, 4.69) is 40.5 Å². The number of rotatable bonds is 10. The predicted molar refractivity (Wildman–Crippen MR) is 266 cm³/mol. The Bertz CT molecular complexity index is 3020. The van der Waals surface area contributed by atoms with Crippen molar-refractivity contribution in [3.8, 4) is 66.8 Å². The maximum Gasteiger partial charge on any atom is 0.0834 e. The third-order valence-electron chi connectivity index (χ3n) is 11.8. The first kappa shape index (κ1) is 42.9. The van der Waals surface area contributed by atoms with Crippen molar-refractivity contribution in [3.05, 3.63) is 243 Å². The molecule has 67 heavy (non-hydrogen) atoms. The number of halogens is 2. The van der Waals surface area contributed by atoms with Crippen LogP contribution in [0.5, 0.6) is 0 Å². The van der Waals surface area contributed by atoms with Crippen molar-refractivity contribution in [1.82, 2.24) is 0 Å². The number of nitrogens with zero attached hydrogens (tertiary/aromatic N) is 6. The molecule has 2 heterocycles. The van der Waals surface area contributed by atoms with Gasteiger partial charge in [-0.25, -0.2) is 0 Å². The van der Waals surface area contributed by atoms with Gasteiger partial charge in [0, 0.05) is 42.8 Å². The molecule has 9 aromatic carbocycles. The number of hydrazone groups is 2. The minimum absolute atomic E-state index is 0. The molecule has 0 bridgehead atoms. The van der Waals surface area contributed by atoms with Crippen molar-refractivity contribution in [2.24, 2.45) is 10.2 Å². The van der Waals surface area contributed by atoms with Crippen LogP contribution in [0.25, 0.3) is 66.8 Å². The van der Waals surface area contributed by atoms with Crippen LogP contribution >= 0.6 is 0 Å². The molecule has 0 fully saturated rings. The van der Waals surface area contributed by atoms with Crippen molar-refractivity contribution in [3.63, 3.8) is 0 Å². The van der Waals surface area contributed by atoms with Gasteiger partial charge in [0.2, 0.25) is 0 Å². The van der Waals surface area contributed by atoms with Crippen molar-refractivity contribution < 1.29 is 28.6 Å². The van der Waals surface area contributed by atoms with E-state index in [1.807, 2.05) is 188 Å². The zero-order chi connectivity index (χ0) is 44.4. The van der Waals surface area contributed by atoms with Crippen LogP contribution in [0.1, 0.15) is 0 Å². The Morgan fingerprint density at radius 1 is 0.358 bits per heavy atom. The number of hydrogen-bond acceptors (Lipinski definition) is 6. The molecule has 0 N–H and O–H groups in total. The van der Waals surface area contributed by atoms with Crippen LogP contribution < -0.4 is 19.8 Å². The van der Waals surface area contributed by atoms with Crippen LogP contribution in [0, 0.1) is 31.0 Å². The molecule has 2 aliphatic heterocycles. The first-order valence-electron chi connectivity index (χ1n) is 21.6. The zero-order valence-electron chi connectivity index (χ0n) is 35.8. The molecule has 2 aliphatic rings. The Morgan fingerprint density at radius 2 is 0.672 bits per heavy atom. The molecule has 0 atom stereocenters. The molecular formula is C58H39F2N6Os-3. The molecule has 0 unspecified atom stereocenters. The molecule has 0 aliphatic carbocycles. The van der Waals surface area contributed by atoms with E-state index in [-0.39, 0.29) is 36.7 Å². The Labute approximate surface area is 402 Å². The van der Waals surface area contributed by atoms with Gasteiger partial charge in [0.05, 0.1) is 12.7 Å². The van der Waals surface area contributed by atoms with Gasteiger partial charge in [0.15, 0.2) is 0 Å². The quantitative estimate of drug-likeness (QED) is 0.128. The molecule has 6 nitrogen and oxygen atoms in total. The van der Waals surface area contributed by atoms with E-state index in [0.717, 1.165) is 55.9 Å². The van der Waals surface area contributed by atoms with E-state index in [1.165, 1.54) is 12.7 Å². The van der Waals surface area contributed by atoms with Gasteiger partial charge >= 0.3 is 0 Å². The fourth-order valence-electron chi connectivity index (χ4n) is 8.48. The van der Waals surface area contributed by atoms with Crippen LogP contribution in [0.15, 0.2) is 223 Å². The van der Waals surface area contributed by atoms with Crippen LogP contribution in [0.3, 0.4) is 0 Å². The maximum absolute atomic E-state index is 18.2. The third kappa shape index (κ3) is 8.54. The van der Waals surface area contributed by atoms with E-state index in [4.69, 9.17) is 0 Å². The fourth-order valence-corrected chi connectivity index (χ4v) is 8.48. The van der Waals surface area contributed by atoms with E-state index < -0.39 is 11.6 Å². The van der Waals surface area contributed by atoms with E-state index in [1.54, 1.807) is 33.2 Å². The van der Waals surface area contributed by atoms with Gasteiger partial charge in [-0.15, -0.1) is 19.4 Å². The second-order valence-corrected chi connectivity index (χ2v) is 15.9. The second kappa shape index (κ2) is 18.9. The number of hydrogen-bond donors (Lipinski definition) is 0. The molecule has 11 rings (SSSR count). The number of benzene rings is 9. The molecule has 0 radical (unpaired) electrons. The largest absolute Gasteiger partial charge is 0.481 e. The Kier molecular flexibility index (Phi) is 12.1. The molecule has 9 aromatic rings. The monoisotopic (exact) mass is 1050 g/mol. The van der Waals surface area contributed by atoms with E-state index in [9.17, 15) is 0 Å². The summed E-state index contributed by atoms with van der Waals surface area (Å²) in [6.07, 6.45) is 3.03. The van der Waals surface area contributed by atoms with Gasteiger partial charge in [-0.2, -0.15) is 10.2 Å². The smallest absolute Gasteiger partial charge is 0.0834 e. The van der Waals surface area contributed by atoms with Crippen LogP contribution in [0.4, 0.5) is 31.5 Å². The van der Waals surface area contributed by atoms with Crippen LogP contribution in [0.2, 0.25) is 0 Å². The Morgan fingerprint density at radius 3 is 1.03 bits per heavy atom. The second-order valence-electron chi connectivity index (χ2n) is 15.9. The average Bonchev–Trinajstić information content (AvgIpc) is 4.10. The fraction of sp³-hybridized carbons (Fsp3) is 0. The SMILES string of the molecule is Fc1c(N2C=NN(c3ccc(-c4ccccc4)cc3)[CH-]2)[c-]c(N2C=NN(c3ccc(-c4ccccc4)cc3)[CH-]2)c(F)c1-c1c(-c2ccccc2)cc(-c2ccccc2)cc1-c1ccccc1.[Os]. The molecule has 0 saturated carbocycles. The summed E-state index contributed by atoms with van der Waals surface area (Å²) in [7, 11) is 0. The summed E-state index contributed by atoms with van der Waals surface area (Å²) in [5, 5.41) is 12.6. The summed E-state index contributed by atoms with van der Waals surface area (Å²) in [6, 6.07) is 72.9. The average molecular weight is 1050 g/mol. The number of anilines is 4. The normalized spacial score (nSPS) is 13.0. The summed E-state index contributed by atoms with van der Waals surface area (Å²) in [5.41, 5.74) is 10.8. The summed E-state index contributed by atoms with van der Waals surface area (Å²) in [4.78, 5) is 3.09. The zero-order valence-corrected chi connectivity index (χ0v) is 38.3. The molecule has 0 aromatic heterocycles. The van der Waals surface area contributed by atoms with E-state index in [0.29, 0.717) is 16.7 Å². The van der Waals surface area contributed by atoms with Gasteiger partial charge in [-0.05, 0) is 97.6 Å². The van der Waals surface area contributed by atoms with Crippen molar-refractivity contribution >= 4 is 35.4 Å². The summed E-state index contributed by atoms with van der Waals surface area (Å²) in [6.45, 7) is 3.35. The minimum atomic E-state index is -0.799. The van der Waals surface area contributed by atoms with Crippen molar-refractivity contribution in [2.45, 2.75) is 0 Å². The van der Waals surface area contributed by atoms with Gasteiger partial charge in [0.25, 0.3) is 0 Å². The third-order valence-corrected chi connectivity index (χ3v) is 11.8. The predicted octanol–water partition coefficient (Wildman–Crippen LogP) is 14.5. The van der Waals surface area contributed by atoms with Gasteiger partial charge in [-0.1, -0.05) is 193 Å². The molecular weight excluding hydrogens is 1010 g/mol. The van der Waals surface area contributed by atoms with Crippen LogP contribution in [-0.2, 0) is 19.8 Å². The van der Waals surface area contributed by atoms with Gasteiger partial charge in [-0.3, -0.25) is 8.78 Å². The minimum Gasteiger partial charge on any atom is -0.481 e. The molecule has 0 amide bonds. The Balaban J connectivity index is 0.00000525. The summed E-state index contributed by atoms with van der Waals surface area (Å²) < 4.78 is 36.3. The molecule has 9 heteroatoms. The summed E-state index contributed by atoms with van der Waals surface area (Å²) >= 11 is 0. The summed E-state index contributed by atoms with van der Waals surface area (Å²) in [5.74, 6) is -1.60. The van der Waals surface area contributed by atoms with Crippen molar-refractivity contribution in [1.29, 1.82) is 0 Å². The molecule has 0 spiro atoms.